The molecule has 2 heterocycles. The summed E-state index contributed by atoms with van der Waals surface area (Å²) >= 11 is 6.53. The fraction of sp³-hybridized carbons (Fsp3) is 0.516. The molecule has 40 heavy (non-hydrogen) atoms. The number of para-hydroxylation sites is 1. The summed E-state index contributed by atoms with van der Waals surface area (Å²) in [5.74, 6) is 1.33. The number of fused-ring (bicyclic) bond motifs is 1. The Bertz CT molecular complexity index is 1300. The van der Waals surface area contributed by atoms with E-state index in [0.29, 0.717) is 35.0 Å². The first-order valence-corrected chi connectivity index (χ1v) is 15.0. The van der Waals surface area contributed by atoms with E-state index in [1.54, 1.807) is 12.3 Å². The van der Waals surface area contributed by atoms with Crippen molar-refractivity contribution >= 4 is 34.4 Å². The third-order valence-electron chi connectivity index (χ3n) is 8.22. The van der Waals surface area contributed by atoms with Crippen molar-refractivity contribution in [2.24, 2.45) is 5.92 Å². The van der Waals surface area contributed by atoms with Gasteiger partial charge in [-0.05, 0) is 84.0 Å². The van der Waals surface area contributed by atoms with Crippen molar-refractivity contribution in [3.05, 3.63) is 53.8 Å². The SMILES string of the molecule is CN(C)C/C=C/C(=O)N[C@H]1CC[C@H](CN[C@H]2CCC[C@@H](Nc3ncc(Cl)c(-c4c[nH]c5ccccc45)n3)C2)CC1. The van der Waals surface area contributed by atoms with Crippen LogP contribution in [0.15, 0.2) is 48.8 Å². The second-order valence-corrected chi connectivity index (χ2v) is 12.0. The van der Waals surface area contributed by atoms with Crippen LogP contribution in [0.3, 0.4) is 0 Å². The van der Waals surface area contributed by atoms with E-state index < -0.39 is 0 Å². The van der Waals surface area contributed by atoms with Crippen molar-refractivity contribution in [3.63, 3.8) is 0 Å². The van der Waals surface area contributed by atoms with Crippen molar-refractivity contribution < 1.29 is 4.79 Å². The number of aromatic amines is 1. The van der Waals surface area contributed by atoms with Crippen LogP contribution in [0.5, 0.6) is 0 Å². The maximum absolute atomic E-state index is 12.2. The molecule has 2 aliphatic carbocycles. The predicted molar refractivity (Wildman–Crippen MR) is 164 cm³/mol. The van der Waals surface area contributed by atoms with Gasteiger partial charge in [0.25, 0.3) is 0 Å². The van der Waals surface area contributed by atoms with Crippen molar-refractivity contribution in [3.8, 4) is 11.3 Å². The zero-order valence-corrected chi connectivity index (χ0v) is 24.4. The number of aromatic nitrogens is 3. The summed E-state index contributed by atoms with van der Waals surface area (Å²) in [6, 6.07) is 9.29. The van der Waals surface area contributed by atoms with Gasteiger partial charge >= 0.3 is 0 Å². The minimum atomic E-state index is 0.0300. The molecule has 0 aliphatic heterocycles. The summed E-state index contributed by atoms with van der Waals surface area (Å²) in [5, 5.41) is 12.3. The summed E-state index contributed by atoms with van der Waals surface area (Å²) < 4.78 is 0. The van der Waals surface area contributed by atoms with Crippen LogP contribution in [0.25, 0.3) is 22.2 Å². The van der Waals surface area contributed by atoms with E-state index in [1.165, 1.54) is 12.8 Å². The van der Waals surface area contributed by atoms with Crippen LogP contribution in [-0.4, -0.2) is 71.1 Å². The Balaban J connectivity index is 1.08. The van der Waals surface area contributed by atoms with Crippen LogP contribution in [-0.2, 0) is 4.79 Å². The average Bonchev–Trinajstić information content (AvgIpc) is 3.38. The van der Waals surface area contributed by atoms with Gasteiger partial charge in [-0.25, -0.2) is 9.97 Å². The van der Waals surface area contributed by atoms with Crippen molar-refractivity contribution in [1.82, 2.24) is 30.5 Å². The van der Waals surface area contributed by atoms with Crippen LogP contribution in [0.2, 0.25) is 5.02 Å². The number of carbonyl (C=O) groups excluding carboxylic acids is 1. The number of anilines is 1. The molecule has 2 saturated carbocycles. The lowest BCUT2D eigenvalue weighted by Gasteiger charge is -2.33. The first-order valence-electron chi connectivity index (χ1n) is 14.7. The first-order chi connectivity index (χ1) is 19.4. The van der Waals surface area contributed by atoms with Gasteiger partial charge in [0.1, 0.15) is 0 Å². The van der Waals surface area contributed by atoms with Crippen LogP contribution in [0.4, 0.5) is 5.95 Å². The second kappa shape index (κ2) is 13.6. The lowest BCUT2D eigenvalue weighted by molar-refractivity contribution is -0.117. The molecule has 2 atom stereocenters. The van der Waals surface area contributed by atoms with E-state index in [2.05, 4.69) is 38.1 Å². The molecule has 0 bridgehead atoms. The topological polar surface area (TPSA) is 98.0 Å². The van der Waals surface area contributed by atoms with E-state index in [0.717, 1.165) is 73.8 Å². The highest BCUT2D eigenvalue weighted by Crippen LogP contribution is 2.33. The second-order valence-electron chi connectivity index (χ2n) is 11.6. The lowest BCUT2D eigenvalue weighted by atomic mass is 9.85. The molecule has 8 nitrogen and oxygen atoms in total. The van der Waals surface area contributed by atoms with Gasteiger partial charge in [0.15, 0.2) is 0 Å². The normalized spacial score (nSPS) is 23.6. The van der Waals surface area contributed by atoms with Gasteiger partial charge in [0.2, 0.25) is 11.9 Å². The largest absolute Gasteiger partial charge is 0.360 e. The van der Waals surface area contributed by atoms with Gasteiger partial charge in [-0.15, -0.1) is 0 Å². The molecular formula is C31H42ClN7O. The number of likely N-dealkylation sites (N-methyl/N-ethyl adjacent to an activating group) is 1. The van der Waals surface area contributed by atoms with Gasteiger partial charge in [-0.1, -0.05) is 35.9 Å². The first kappa shape index (κ1) is 28.6. The van der Waals surface area contributed by atoms with Crippen LogP contribution < -0.4 is 16.0 Å². The smallest absolute Gasteiger partial charge is 0.243 e. The van der Waals surface area contributed by atoms with Gasteiger partial charge in [-0.3, -0.25) is 4.79 Å². The number of carbonyl (C=O) groups is 1. The number of hydrogen-bond acceptors (Lipinski definition) is 6. The number of H-pyrrole nitrogens is 1. The molecule has 1 amide bonds. The van der Waals surface area contributed by atoms with Gasteiger partial charge in [-0.2, -0.15) is 0 Å². The highest BCUT2D eigenvalue weighted by atomic mass is 35.5. The number of hydrogen-bond donors (Lipinski definition) is 4. The maximum Gasteiger partial charge on any atom is 0.243 e. The number of benzene rings is 1. The molecular weight excluding hydrogens is 522 g/mol. The van der Waals surface area contributed by atoms with E-state index in [9.17, 15) is 4.79 Å². The fourth-order valence-electron chi connectivity index (χ4n) is 6.05. The zero-order chi connectivity index (χ0) is 27.9. The maximum atomic E-state index is 12.2. The minimum absolute atomic E-state index is 0.0300. The Labute approximate surface area is 242 Å². The molecule has 2 fully saturated rings. The molecule has 2 aromatic heterocycles. The Morgan fingerprint density at radius 1 is 1.10 bits per heavy atom. The molecule has 5 rings (SSSR count). The minimum Gasteiger partial charge on any atom is -0.360 e. The van der Waals surface area contributed by atoms with Gasteiger partial charge in [0, 0.05) is 53.4 Å². The van der Waals surface area contributed by atoms with Crippen LogP contribution in [0.1, 0.15) is 51.4 Å². The Morgan fingerprint density at radius 3 is 2.73 bits per heavy atom. The van der Waals surface area contributed by atoms with E-state index in [1.807, 2.05) is 43.4 Å². The molecule has 2 aliphatic rings. The summed E-state index contributed by atoms with van der Waals surface area (Å²) in [6.45, 7) is 1.82. The number of rotatable bonds is 10. The molecule has 0 saturated heterocycles. The molecule has 0 radical (unpaired) electrons. The highest BCUT2D eigenvalue weighted by molar-refractivity contribution is 6.33. The monoisotopic (exact) mass is 563 g/mol. The molecule has 3 aromatic rings. The van der Waals surface area contributed by atoms with Gasteiger partial charge in [0.05, 0.1) is 16.9 Å². The summed E-state index contributed by atoms with van der Waals surface area (Å²) in [6.07, 6.45) is 16.2. The molecule has 0 unspecified atom stereocenters. The molecule has 0 spiro atoms. The van der Waals surface area contributed by atoms with Crippen LogP contribution >= 0.6 is 11.6 Å². The van der Waals surface area contributed by atoms with Crippen molar-refractivity contribution in [2.45, 2.75) is 69.5 Å². The molecule has 9 heteroatoms. The lowest BCUT2D eigenvalue weighted by Crippen LogP contribution is -2.43. The van der Waals surface area contributed by atoms with Crippen molar-refractivity contribution in [2.75, 3.05) is 32.5 Å². The molecule has 4 N–H and O–H groups in total. The number of nitrogens with one attached hydrogen (secondary N) is 4. The zero-order valence-electron chi connectivity index (χ0n) is 23.6. The summed E-state index contributed by atoms with van der Waals surface area (Å²) in [4.78, 5) is 26.8. The molecule has 1 aromatic carbocycles. The number of amides is 1. The Kier molecular flexibility index (Phi) is 9.73. The Morgan fingerprint density at radius 2 is 1.90 bits per heavy atom. The number of nitrogens with zero attached hydrogens (tertiary/aromatic N) is 3. The summed E-state index contributed by atoms with van der Waals surface area (Å²) in [5.41, 5.74) is 2.80. The van der Waals surface area contributed by atoms with E-state index in [4.69, 9.17) is 16.6 Å². The van der Waals surface area contributed by atoms with Crippen molar-refractivity contribution in [1.29, 1.82) is 0 Å². The molecule has 214 valence electrons. The Hall–Kier alpha value is -2.94. The average molecular weight is 564 g/mol. The standard InChI is InChI=1S/C31H42ClN7O/c1-39(2)16-6-11-29(40)36-22-14-12-21(13-15-22)18-33-23-7-5-8-24(17-23)37-31-35-20-27(32)30(38-31)26-19-34-28-10-4-3-9-25(26)28/h3-4,6,9-11,19-24,33-34H,5,7-8,12-18H2,1-2H3,(H,36,40)(H,35,37,38)/b11-6+/t21-,22-,23-,24+/m0/s1. The third kappa shape index (κ3) is 7.62. The summed E-state index contributed by atoms with van der Waals surface area (Å²) in [7, 11) is 4.00. The van der Waals surface area contributed by atoms with E-state index in [-0.39, 0.29) is 5.91 Å². The quantitative estimate of drug-likeness (QED) is 0.247. The fourth-order valence-corrected chi connectivity index (χ4v) is 6.24. The van der Waals surface area contributed by atoms with Crippen LogP contribution in [0, 0.1) is 5.92 Å². The number of halogens is 1. The van der Waals surface area contributed by atoms with E-state index >= 15 is 0 Å². The van der Waals surface area contributed by atoms with Gasteiger partial charge < -0.3 is 25.8 Å². The predicted octanol–water partition coefficient (Wildman–Crippen LogP) is 5.38. The highest BCUT2D eigenvalue weighted by Gasteiger charge is 2.26. The third-order valence-corrected chi connectivity index (χ3v) is 8.50.